The number of carbonyl (C=O) groups excluding carboxylic acids is 2. The summed E-state index contributed by atoms with van der Waals surface area (Å²) in [4.78, 5) is 29.5. The van der Waals surface area contributed by atoms with E-state index in [0.29, 0.717) is 81.9 Å². The van der Waals surface area contributed by atoms with Gasteiger partial charge in [0.25, 0.3) is 0 Å². The Morgan fingerprint density at radius 3 is 2.34 bits per heavy atom. The third-order valence-corrected chi connectivity index (χ3v) is 16.1. The number of fused-ring (bicyclic) bond motifs is 2. The van der Waals surface area contributed by atoms with Gasteiger partial charge in [0, 0.05) is 77.2 Å². The van der Waals surface area contributed by atoms with Crippen molar-refractivity contribution in [2.45, 2.75) is 191 Å². The molecule has 7 aliphatic heterocycles. The van der Waals surface area contributed by atoms with E-state index in [0.717, 1.165) is 12.0 Å². The third kappa shape index (κ3) is 11.6. The highest BCUT2D eigenvalue weighted by atomic mass is 16.7. The standard InChI is InChI=1S/C54H81NO15/c1-30(2)22-42-31(3)16-17-53(70-42)28-39-24-38(69-53)15-14-33(5)49(32(4)12-11-13-37-29-63-51-48(57)34(6)23-41(52(58)66-39)54(37,51)59)67-47-27-44(61-10)50(36(8)65-47)68-46-26-43(60-9)40(35(7)64-46)25-45(56)55-18-20-62-21-19-55/h11-14,16-17,23,30-32,35-36,38-44,46-51,57,59H,15,18-22,24-29H2,1-10H3/b12-11+,33-14+,37-13+/t31-,32-,35-,36-,38+,39-,40-,41-,42+,43-,44-,46-,47-,48+,49-,50-,51+,53+,54+/m0/s1. The van der Waals surface area contributed by atoms with Crippen LogP contribution in [0.4, 0.5) is 0 Å². The number of allylic oxidation sites excluding steroid dienone is 2. The van der Waals surface area contributed by atoms with Gasteiger partial charge >= 0.3 is 5.97 Å². The maximum absolute atomic E-state index is 14.4. The van der Waals surface area contributed by atoms with Gasteiger partial charge in [0.15, 0.2) is 18.4 Å². The van der Waals surface area contributed by atoms with Gasteiger partial charge in [-0.2, -0.15) is 0 Å². The number of nitrogens with zero attached hydrogens (tertiary/aromatic N) is 1. The van der Waals surface area contributed by atoms with Gasteiger partial charge in [0.1, 0.15) is 35.9 Å². The number of carbonyl (C=O) groups is 2. The van der Waals surface area contributed by atoms with Crippen molar-refractivity contribution in [1.82, 2.24) is 4.90 Å². The van der Waals surface area contributed by atoms with Gasteiger partial charge in [-0.1, -0.05) is 64.2 Å². The van der Waals surface area contributed by atoms with E-state index in [1.165, 1.54) is 0 Å². The summed E-state index contributed by atoms with van der Waals surface area (Å²) in [6.07, 6.45) is 9.89. The first-order valence-corrected chi connectivity index (χ1v) is 25.9. The van der Waals surface area contributed by atoms with E-state index in [9.17, 15) is 19.8 Å². The number of esters is 1. The van der Waals surface area contributed by atoms with Crippen molar-refractivity contribution in [3.05, 3.63) is 59.3 Å². The highest BCUT2D eigenvalue weighted by Gasteiger charge is 2.60. The summed E-state index contributed by atoms with van der Waals surface area (Å²) in [6, 6.07) is 0. The average Bonchev–Trinajstić information content (AvgIpc) is 3.67. The quantitative estimate of drug-likeness (QED) is 0.196. The largest absolute Gasteiger partial charge is 0.462 e. The van der Waals surface area contributed by atoms with Crippen LogP contribution in [0.15, 0.2) is 59.3 Å². The molecule has 1 aliphatic carbocycles. The Kier molecular flexibility index (Phi) is 17.4. The second kappa shape index (κ2) is 22.7. The Bertz CT molecular complexity index is 1980. The lowest BCUT2D eigenvalue weighted by atomic mass is 9.71. The molecule has 1 amide bonds. The minimum Gasteiger partial charge on any atom is -0.462 e. The van der Waals surface area contributed by atoms with Gasteiger partial charge in [-0.25, -0.2) is 0 Å². The van der Waals surface area contributed by atoms with Crippen LogP contribution >= 0.6 is 0 Å². The monoisotopic (exact) mass is 984 g/mol. The number of rotatable bonds is 10. The summed E-state index contributed by atoms with van der Waals surface area (Å²) in [5, 5.41) is 23.8. The van der Waals surface area contributed by atoms with E-state index >= 15 is 0 Å². The summed E-state index contributed by atoms with van der Waals surface area (Å²) in [7, 11) is 3.34. The van der Waals surface area contributed by atoms with Crippen LogP contribution in [-0.4, -0.2) is 165 Å². The zero-order valence-electron chi connectivity index (χ0n) is 43.1. The molecule has 2 bridgehead atoms. The Labute approximate surface area is 415 Å². The Morgan fingerprint density at radius 1 is 0.900 bits per heavy atom. The van der Waals surface area contributed by atoms with Crippen molar-refractivity contribution < 1.29 is 71.9 Å². The highest BCUT2D eigenvalue weighted by molar-refractivity contribution is 5.79. The number of hydrogen-bond donors (Lipinski definition) is 2. The molecule has 16 heteroatoms. The van der Waals surface area contributed by atoms with Crippen LogP contribution in [0.2, 0.25) is 0 Å². The molecule has 392 valence electrons. The third-order valence-electron chi connectivity index (χ3n) is 16.1. The number of aliphatic hydroxyl groups excluding tert-OH is 1. The zero-order chi connectivity index (χ0) is 50.1. The fourth-order valence-corrected chi connectivity index (χ4v) is 12.0. The van der Waals surface area contributed by atoms with Crippen molar-refractivity contribution in [3.63, 3.8) is 0 Å². The lowest BCUT2D eigenvalue weighted by Gasteiger charge is -2.47. The summed E-state index contributed by atoms with van der Waals surface area (Å²) >= 11 is 0. The topological polar surface area (TPSA) is 179 Å². The molecule has 0 unspecified atom stereocenters. The SMILES string of the molecule is CO[C@H]1C[C@H](O[C@H]2[C@H](C)O[C@@H](O[C@@H]3/C(C)=C/C[C@@H]4C[C@@H](C[C@]5(C=C[C@H](C)[C@@H](CC(C)C)O5)O4)OC(=O)[C@@H]4C=C(C)[C@@H](O)[C@H]5OC/C(=C\C=C\[C@@H]3C)[C@]54O)C[C@@H]2OC)O[C@@H](C)[C@@H]1CC(=O)N1CCOCC1. The van der Waals surface area contributed by atoms with Crippen LogP contribution in [-0.2, 0) is 61.7 Å². The van der Waals surface area contributed by atoms with Gasteiger partial charge in [-0.05, 0) is 69.2 Å². The second-order valence-corrected chi connectivity index (χ2v) is 21.6. The van der Waals surface area contributed by atoms with E-state index in [1.807, 2.05) is 43.9 Å². The van der Waals surface area contributed by atoms with Crippen molar-refractivity contribution in [3.8, 4) is 0 Å². The van der Waals surface area contributed by atoms with Crippen LogP contribution < -0.4 is 0 Å². The van der Waals surface area contributed by atoms with Gasteiger partial charge in [-0.3, -0.25) is 9.59 Å². The predicted molar refractivity (Wildman–Crippen MR) is 257 cm³/mol. The maximum Gasteiger partial charge on any atom is 0.316 e. The minimum atomic E-state index is -1.84. The van der Waals surface area contributed by atoms with Crippen molar-refractivity contribution in [2.75, 3.05) is 47.1 Å². The zero-order valence-corrected chi connectivity index (χ0v) is 43.1. The lowest BCUT2D eigenvalue weighted by molar-refractivity contribution is -0.315. The molecule has 0 saturated carbocycles. The lowest BCUT2D eigenvalue weighted by Crippen LogP contribution is -2.58. The van der Waals surface area contributed by atoms with Gasteiger partial charge < -0.3 is 67.2 Å². The minimum absolute atomic E-state index is 0.0266. The van der Waals surface area contributed by atoms with Crippen LogP contribution in [0.1, 0.15) is 100 Å². The number of hydrogen-bond acceptors (Lipinski definition) is 15. The van der Waals surface area contributed by atoms with E-state index in [1.54, 1.807) is 33.3 Å². The first-order chi connectivity index (χ1) is 33.4. The number of ether oxygens (including phenoxy) is 11. The van der Waals surface area contributed by atoms with E-state index < -0.39 is 84.7 Å². The van der Waals surface area contributed by atoms with Crippen LogP contribution in [0.25, 0.3) is 0 Å². The highest BCUT2D eigenvalue weighted by Crippen LogP contribution is 2.47. The van der Waals surface area contributed by atoms with Crippen LogP contribution in [0.5, 0.6) is 0 Å². The summed E-state index contributed by atoms with van der Waals surface area (Å²) in [5.41, 5.74) is 0.119. The maximum atomic E-state index is 14.4. The first-order valence-electron chi connectivity index (χ1n) is 25.9. The molecule has 2 N–H and O–H groups in total. The fraction of sp³-hybridized carbons (Fsp3) is 0.778. The number of aliphatic hydroxyl groups is 2. The molecular formula is C54H81NO15. The number of morpholine rings is 1. The van der Waals surface area contributed by atoms with Gasteiger partial charge in [-0.15, -0.1) is 0 Å². The first kappa shape index (κ1) is 53.5. The second-order valence-electron chi connectivity index (χ2n) is 21.6. The fourth-order valence-electron chi connectivity index (χ4n) is 12.0. The van der Waals surface area contributed by atoms with E-state index in [-0.39, 0.29) is 48.6 Å². The summed E-state index contributed by atoms with van der Waals surface area (Å²) < 4.78 is 70.6. The average molecular weight is 984 g/mol. The summed E-state index contributed by atoms with van der Waals surface area (Å²) in [5.74, 6) is -2.51. The molecule has 7 heterocycles. The molecule has 5 saturated heterocycles. The molecule has 0 aromatic rings. The van der Waals surface area contributed by atoms with Crippen molar-refractivity contribution in [2.24, 2.45) is 29.6 Å². The van der Waals surface area contributed by atoms with Crippen molar-refractivity contribution >= 4 is 11.9 Å². The normalized spacial score (nSPS) is 45.8. The number of methoxy groups -OCH3 is 2. The van der Waals surface area contributed by atoms with Crippen molar-refractivity contribution in [1.29, 1.82) is 0 Å². The molecule has 0 aromatic carbocycles. The number of amides is 1. The Morgan fingerprint density at radius 2 is 1.61 bits per heavy atom. The van der Waals surface area contributed by atoms with Gasteiger partial charge in [0.2, 0.25) is 5.91 Å². The Balaban J connectivity index is 1.02. The molecule has 1 spiro atoms. The molecule has 8 rings (SSSR count). The molecule has 0 aromatic heterocycles. The Hall–Kier alpha value is -2.84. The van der Waals surface area contributed by atoms with Gasteiger partial charge in [0.05, 0.1) is 62.5 Å². The summed E-state index contributed by atoms with van der Waals surface area (Å²) in [6.45, 7) is 18.6. The molecule has 0 radical (unpaired) electrons. The molecular weight excluding hydrogens is 903 g/mol. The molecule has 70 heavy (non-hydrogen) atoms. The molecule has 8 aliphatic rings. The van der Waals surface area contributed by atoms with E-state index in [4.69, 9.17) is 52.1 Å². The van der Waals surface area contributed by atoms with E-state index in [2.05, 4.69) is 39.8 Å². The van der Waals surface area contributed by atoms with Crippen LogP contribution in [0.3, 0.4) is 0 Å². The molecule has 16 nitrogen and oxygen atoms in total. The molecule has 19 atom stereocenters. The predicted octanol–water partition coefficient (Wildman–Crippen LogP) is 5.88. The smallest absolute Gasteiger partial charge is 0.316 e. The molecule has 5 fully saturated rings. The van der Waals surface area contributed by atoms with Crippen LogP contribution in [0, 0.1) is 29.6 Å².